The predicted octanol–water partition coefficient (Wildman–Crippen LogP) is 0.922. The molecule has 1 heterocycles. The molecule has 0 aliphatic carbocycles. The Bertz CT molecular complexity index is 302. The van der Waals surface area contributed by atoms with E-state index in [1.165, 1.54) is 5.56 Å². The molecule has 16 heavy (non-hydrogen) atoms. The summed E-state index contributed by atoms with van der Waals surface area (Å²) in [7, 11) is 0. The van der Waals surface area contributed by atoms with E-state index in [-0.39, 0.29) is 12.7 Å². The van der Waals surface area contributed by atoms with Gasteiger partial charge in [0.1, 0.15) is 0 Å². The van der Waals surface area contributed by atoms with E-state index in [4.69, 9.17) is 9.84 Å². The minimum absolute atomic E-state index is 0.00419. The first-order valence-corrected chi connectivity index (χ1v) is 5.87. The van der Waals surface area contributed by atoms with Gasteiger partial charge >= 0.3 is 0 Å². The molecule has 0 aromatic heterocycles. The molecular weight excluding hydrogens is 202 g/mol. The summed E-state index contributed by atoms with van der Waals surface area (Å²) in [5.74, 6) is 0. The molecule has 1 unspecified atom stereocenters. The second-order valence-corrected chi connectivity index (χ2v) is 4.21. The summed E-state index contributed by atoms with van der Waals surface area (Å²) in [5, 5.41) is 9.04. The van der Waals surface area contributed by atoms with Crippen LogP contribution in [-0.4, -0.2) is 49.0 Å². The molecule has 88 valence electrons. The number of ether oxygens (including phenoxy) is 1. The van der Waals surface area contributed by atoms with Gasteiger partial charge in [0.2, 0.25) is 0 Å². The van der Waals surface area contributed by atoms with Crippen LogP contribution in [0.15, 0.2) is 30.3 Å². The van der Waals surface area contributed by atoms with Gasteiger partial charge in [-0.3, -0.25) is 4.90 Å². The van der Waals surface area contributed by atoms with Gasteiger partial charge in [-0.15, -0.1) is 0 Å². The molecular formula is C13H19NO2. The van der Waals surface area contributed by atoms with Gasteiger partial charge in [-0.25, -0.2) is 0 Å². The summed E-state index contributed by atoms with van der Waals surface area (Å²) in [5.41, 5.74) is 1.37. The molecule has 0 amide bonds. The summed E-state index contributed by atoms with van der Waals surface area (Å²) in [6.07, 6.45) is 1.07. The highest BCUT2D eigenvalue weighted by molar-refractivity contribution is 5.14. The molecule has 0 saturated carbocycles. The Balaban J connectivity index is 1.77. The van der Waals surface area contributed by atoms with Gasteiger partial charge in [0.15, 0.2) is 0 Å². The molecule has 0 bridgehead atoms. The second kappa shape index (κ2) is 5.99. The molecule has 3 nitrogen and oxygen atoms in total. The van der Waals surface area contributed by atoms with Crippen molar-refractivity contribution < 1.29 is 9.84 Å². The number of aliphatic hydroxyl groups is 1. The Hall–Kier alpha value is -0.900. The molecule has 1 aromatic rings. The number of rotatable bonds is 4. The van der Waals surface area contributed by atoms with Crippen molar-refractivity contribution in [3.63, 3.8) is 0 Å². The Morgan fingerprint density at radius 1 is 1.31 bits per heavy atom. The zero-order valence-corrected chi connectivity index (χ0v) is 9.51. The van der Waals surface area contributed by atoms with Gasteiger partial charge in [0.25, 0.3) is 0 Å². The molecule has 1 saturated heterocycles. The standard InChI is InChI=1S/C13H19NO2/c15-11-13-10-14(8-9-16-13)7-6-12-4-2-1-3-5-12/h1-5,13,15H,6-11H2. The van der Waals surface area contributed by atoms with Crippen molar-refractivity contribution in [2.24, 2.45) is 0 Å². The predicted molar refractivity (Wildman–Crippen MR) is 63.4 cm³/mol. The van der Waals surface area contributed by atoms with Crippen molar-refractivity contribution in [3.8, 4) is 0 Å². The Kier molecular flexibility index (Phi) is 4.34. The quantitative estimate of drug-likeness (QED) is 0.820. The zero-order valence-electron chi connectivity index (χ0n) is 9.51. The van der Waals surface area contributed by atoms with Crippen LogP contribution in [0.1, 0.15) is 5.56 Å². The van der Waals surface area contributed by atoms with E-state index < -0.39 is 0 Å². The van der Waals surface area contributed by atoms with Crippen molar-refractivity contribution in [3.05, 3.63) is 35.9 Å². The van der Waals surface area contributed by atoms with E-state index in [1.807, 2.05) is 6.07 Å². The highest BCUT2D eigenvalue weighted by Gasteiger charge is 2.18. The van der Waals surface area contributed by atoms with E-state index in [0.717, 1.165) is 32.7 Å². The van der Waals surface area contributed by atoms with Crippen LogP contribution >= 0.6 is 0 Å². The molecule has 1 aliphatic rings. The Morgan fingerprint density at radius 3 is 2.88 bits per heavy atom. The van der Waals surface area contributed by atoms with Crippen molar-refractivity contribution >= 4 is 0 Å². The highest BCUT2D eigenvalue weighted by Crippen LogP contribution is 2.07. The number of benzene rings is 1. The lowest BCUT2D eigenvalue weighted by Gasteiger charge is -2.31. The Labute approximate surface area is 96.6 Å². The van der Waals surface area contributed by atoms with Gasteiger partial charge in [-0.1, -0.05) is 30.3 Å². The fourth-order valence-electron chi connectivity index (χ4n) is 2.03. The smallest absolute Gasteiger partial charge is 0.0932 e. The van der Waals surface area contributed by atoms with E-state index in [9.17, 15) is 0 Å². The summed E-state index contributed by atoms with van der Waals surface area (Å²) in [4.78, 5) is 2.36. The van der Waals surface area contributed by atoms with Gasteiger partial charge in [-0.2, -0.15) is 0 Å². The maximum Gasteiger partial charge on any atom is 0.0932 e. The third kappa shape index (κ3) is 3.30. The van der Waals surface area contributed by atoms with Crippen LogP contribution in [0.4, 0.5) is 0 Å². The molecule has 0 radical (unpaired) electrons. The molecule has 1 fully saturated rings. The normalized spacial score (nSPS) is 22.2. The van der Waals surface area contributed by atoms with Gasteiger partial charge in [0, 0.05) is 19.6 Å². The first-order chi connectivity index (χ1) is 7.88. The first kappa shape index (κ1) is 11.6. The van der Waals surface area contributed by atoms with Crippen LogP contribution in [0, 0.1) is 0 Å². The average Bonchev–Trinajstić information content (AvgIpc) is 2.38. The summed E-state index contributed by atoms with van der Waals surface area (Å²) >= 11 is 0. The molecule has 1 aromatic carbocycles. The highest BCUT2D eigenvalue weighted by atomic mass is 16.5. The van der Waals surface area contributed by atoms with E-state index >= 15 is 0 Å². The number of morpholine rings is 1. The van der Waals surface area contributed by atoms with Crippen LogP contribution in [0.2, 0.25) is 0 Å². The van der Waals surface area contributed by atoms with Crippen LogP contribution in [0.5, 0.6) is 0 Å². The van der Waals surface area contributed by atoms with E-state index in [2.05, 4.69) is 29.2 Å². The monoisotopic (exact) mass is 221 g/mol. The molecule has 1 N–H and O–H groups in total. The van der Waals surface area contributed by atoms with Crippen LogP contribution in [-0.2, 0) is 11.2 Å². The SMILES string of the molecule is OCC1CN(CCc2ccccc2)CCO1. The van der Waals surface area contributed by atoms with Crippen LogP contribution in [0.25, 0.3) is 0 Å². The van der Waals surface area contributed by atoms with Crippen molar-refractivity contribution in [2.75, 3.05) is 32.8 Å². The number of hydrogen-bond donors (Lipinski definition) is 1. The van der Waals surface area contributed by atoms with Crippen molar-refractivity contribution in [1.82, 2.24) is 4.90 Å². The van der Waals surface area contributed by atoms with Gasteiger partial charge in [0.05, 0.1) is 19.3 Å². The molecule has 3 heteroatoms. The molecule has 2 rings (SSSR count). The third-order valence-electron chi connectivity index (χ3n) is 2.99. The maximum absolute atomic E-state index is 9.04. The van der Waals surface area contributed by atoms with Gasteiger partial charge < -0.3 is 9.84 Å². The fourth-order valence-corrected chi connectivity index (χ4v) is 2.03. The topological polar surface area (TPSA) is 32.7 Å². The molecule has 0 spiro atoms. The second-order valence-electron chi connectivity index (χ2n) is 4.21. The summed E-state index contributed by atoms with van der Waals surface area (Å²) < 4.78 is 5.42. The van der Waals surface area contributed by atoms with Crippen molar-refractivity contribution in [1.29, 1.82) is 0 Å². The third-order valence-corrected chi connectivity index (χ3v) is 2.99. The van der Waals surface area contributed by atoms with E-state index in [0.29, 0.717) is 0 Å². The van der Waals surface area contributed by atoms with Crippen molar-refractivity contribution in [2.45, 2.75) is 12.5 Å². The molecule has 1 atom stereocenters. The summed E-state index contributed by atoms with van der Waals surface area (Å²) in [6, 6.07) is 10.5. The zero-order chi connectivity index (χ0) is 11.2. The maximum atomic E-state index is 9.04. The largest absolute Gasteiger partial charge is 0.394 e. The molecule has 1 aliphatic heterocycles. The lowest BCUT2D eigenvalue weighted by Crippen LogP contribution is -2.44. The van der Waals surface area contributed by atoms with Crippen LogP contribution < -0.4 is 0 Å². The first-order valence-electron chi connectivity index (χ1n) is 5.87. The van der Waals surface area contributed by atoms with E-state index in [1.54, 1.807) is 0 Å². The fraction of sp³-hybridized carbons (Fsp3) is 0.538. The minimum Gasteiger partial charge on any atom is -0.394 e. The number of aliphatic hydroxyl groups excluding tert-OH is 1. The average molecular weight is 221 g/mol. The number of nitrogens with zero attached hydrogens (tertiary/aromatic N) is 1. The summed E-state index contributed by atoms with van der Waals surface area (Å²) in [6.45, 7) is 3.73. The lowest BCUT2D eigenvalue weighted by molar-refractivity contribution is -0.0523. The Morgan fingerprint density at radius 2 is 2.12 bits per heavy atom. The van der Waals surface area contributed by atoms with Gasteiger partial charge in [-0.05, 0) is 12.0 Å². The minimum atomic E-state index is 0.00419. The lowest BCUT2D eigenvalue weighted by atomic mass is 10.1. The van der Waals surface area contributed by atoms with Crippen LogP contribution in [0.3, 0.4) is 0 Å². The number of hydrogen-bond acceptors (Lipinski definition) is 3.